The molecule has 0 radical (unpaired) electrons. The summed E-state index contributed by atoms with van der Waals surface area (Å²) in [5.74, 6) is 0.0217. The molecule has 2 N–H and O–H groups in total. The molecule has 0 atom stereocenters. The lowest BCUT2D eigenvalue weighted by Gasteiger charge is -2.21. The van der Waals surface area contributed by atoms with Crippen LogP contribution < -0.4 is 16.2 Å². The van der Waals surface area contributed by atoms with Gasteiger partial charge >= 0.3 is 0 Å². The molecule has 1 aromatic heterocycles. The Kier molecular flexibility index (Phi) is 5.85. The third kappa shape index (κ3) is 3.96. The van der Waals surface area contributed by atoms with Crippen molar-refractivity contribution >= 4 is 35.6 Å². The van der Waals surface area contributed by atoms with Crippen molar-refractivity contribution in [1.29, 1.82) is 0 Å². The lowest BCUT2D eigenvalue weighted by Crippen LogP contribution is -2.34. The number of nitrogens with zero attached hydrogens (tertiary/aromatic N) is 1. The van der Waals surface area contributed by atoms with Crippen LogP contribution in [0.2, 0.25) is 5.02 Å². The normalized spacial score (nSPS) is 15.7. The summed E-state index contributed by atoms with van der Waals surface area (Å²) in [7, 11) is 1.61. The molecule has 1 saturated heterocycles. The average Bonchev–Trinajstić information content (AvgIpc) is 2.37. The van der Waals surface area contributed by atoms with Gasteiger partial charge in [-0.25, -0.2) is 0 Å². The van der Waals surface area contributed by atoms with Gasteiger partial charge in [0, 0.05) is 19.2 Å². The van der Waals surface area contributed by atoms with Gasteiger partial charge in [-0.3, -0.25) is 9.59 Å². The van der Waals surface area contributed by atoms with Crippen LogP contribution in [-0.2, 0) is 11.8 Å². The van der Waals surface area contributed by atoms with E-state index in [-0.39, 0.29) is 34.8 Å². The monoisotopic (exact) mass is 305 g/mol. The van der Waals surface area contributed by atoms with Crippen molar-refractivity contribution in [2.24, 2.45) is 13.0 Å². The largest absolute Gasteiger partial charge is 0.324 e. The summed E-state index contributed by atoms with van der Waals surface area (Å²) in [5, 5.41) is 6.13. The molecular formula is C12H17Cl2N3O2. The fourth-order valence-corrected chi connectivity index (χ4v) is 2.32. The molecule has 1 fully saturated rings. The summed E-state index contributed by atoms with van der Waals surface area (Å²) >= 11 is 5.79. The third-order valence-electron chi connectivity index (χ3n) is 3.12. The van der Waals surface area contributed by atoms with E-state index in [4.69, 9.17) is 11.6 Å². The maximum absolute atomic E-state index is 12.0. The van der Waals surface area contributed by atoms with Crippen molar-refractivity contribution in [3.05, 3.63) is 27.6 Å². The number of nitrogens with one attached hydrogen (secondary N) is 2. The maximum Gasteiger partial charge on any atom is 0.269 e. The minimum Gasteiger partial charge on any atom is -0.324 e. The van der Waals surface area contributed by atoms with Gasteiger partial charge in [0.15, 0.2) is 0 Å². The zero-order valence-corrected chi connectivity index (χ0v) is 12.2. The average molecular weight is 306 g/mol. The minimum atomic E-state index is -0.267. The van der Waals surface area contributed by atoms with Gasteiger partial charge in [0.25, 0.3) is 5.56 Å². The summed E-state index contributed by atoms with van der Waals surface area (Å²) in [5.41, 5.74) is 0.294. The van der Waals surface area contributed by atoms with Crippen LogP contribution in [-0.4, -0.2) is 23.6 Å². The molecule has 5 nitrogen and oxygen atoms in total. The topological polar surface area (TPSA) is 63.1 Å². The molecule has 7 heteroatoms. The Bertz CT molecular complexity index is 484. The number of hydrogen-bond acceptors (Lipinski definition) is 3. The SMILES string of the molecule is Cl.Cn1cc(NC(=O)C2CCNCC2)cc(Cl)c1=O. The molecule has 1 aliphatic heterocycles. The number of amides is 1. The summed E-state index contributed by atoms with van der Waals surface area (Å²) < 4.78 is 1.36. The van der Waals surface area contributed by atoms with Gasteiger partial charge in [0.2, 0.25) is 5.91 Å². The van der Waals surface area contributed by atoms with E-state index in [0.717, 1.165) is 25.9 Å². The highest BCUT2D eigenvalue weighted by atomic mass is 35.5. The molecule has 2 heterocycles. The van der Waals surface area contributed by atoms with Crippen molar-refractivity contribution in [2.45, 2.75) is 12.8 Å². The fraction of sp³-hybridized carbons (Fsp3) is 0.500. The van der Waals surface area contributed by atoms with Crippen molar-refractivity contribution in [3.8, 4) is 0 Å². The van der Waals surface area contributed by atoms with Crippen molar-refractivity contribution in [1.82, 2.24) is 9.88 Å². The molecule has 0 saturated carbocycles. The highest BCUT2D eigenvalue weighted by molar-refractivity contribution is 6.30. The fourth-order valence-electron chi connectivity index (χ4n) is 2.07. The number of hydrogen-bond donors (Lipinski definition) is 2. The Labute approximate surface area is 122 Å². The van der Waals surface area contributed by atoms with Crippen LogP contribution in [0.15, 0.2) is 17.1 Å². The third-order valence-corrected chi connectivity index (χ3v) is 3.39. The number of halogens is 2. The van der Waals surface area contributed by atoms with Gasteiger partial charge in [-0.2, -0.15) is 0 Å². The van der Waals surface area contributed by atoms with Crippen LogP contribution in [0.5, 0.6) is 0 Å². The second-order valence-corrected chi connectivity index (χ2v) is 4.91. The summed E-state index contributed by atoms with van der Waals surface area (Å²) in [6, 6.07) is 1.49. The van der Waals surface area contributed by atoms with E-state index in [0.29, 0.717) is 5.69 Å². The number of carbonyl (C=O) groups is 1. The first-order valence-corrected chi connectivity index (χ1v) is 6.33. The standard InChI is InChI=1S/C12H16ClN3O2.ClH/c1-16-7-9(6-10(13)12(16)18)15-11(17)8-2-4-14-5-3-8;/h6-8,14H,2-5H2,1H3,(H,15,17);1H. The first kappa shape index (κ1) is 16.0. The molecule has 1 amide bonds. The predicted octanol–water partition coefficient (Wildman–Crippen LogP) is 1.40. The minimum absolute atomic E-state index is 0. The summed E-state index contributed by atoms with van der Waals surface area (Å²) in [4.78, 5) is 23.4. The number of piperidine rings is 1. The van der Waals surface area contributed by atoms with Crippen LogP contribution in [0.25, 0.3) is 0 Å². The zero-order valence-electron chi connectivity index (χ0n) is 10.6. The Hall–Kier alpha value is -1.04. The molecule has 0 unspecified atom stereocenters. The van der Waals surface area contributed by atoms with Gasteiger partial charge in [-0.05, 0) is 32.0 Å². The van der Waals surface area contributed by atoms with Crippen molar-refractivity contribution in [2.75, 3.05) is 18.4 Å². The van der Waals surface area contributed by atoms with Gasteiger partial charge in [0.1, 0.15) is 5.02 Å². The van der Waals surface area contributed by atoms with Crippen LogP contribution >= 0.6 is 24.0 Å². The van der Waals surface area contributed by atoms with E-state index < -0.39 is 0 Å². The molecule has 0 spiro atoms. The van der Waals surface area contributed by atoms with Crippen LogP contribution in [0.3, 0.4) is 0 Å². The molecule has 106 valence electrons. The molecule has 2 rings (SSSR count). The maximum atomic E-state index is 12.0. The molecule has 0 bridgehead atoms. The summed E-state index contributed by atoms with van der Waals surface area (Å²) in [6.07, 6.45) is 3.25. The Morgan fingerprint density at radius 2 is 2.11 bits per heavy atom. The van der Waals surface area contributed by atoms with E-state index in [1.165, 1.54) is 10.6 Å². The lowest BCUT2D eigenvalue weighted by molar-refractivity contribution is -0.120. The van der Waals surface area contributed by atoms with Crippen molar-refractivity contribution < 1.29 is 4.79 Å². The highest BCUT2D eigenvalue weighted by Gasteiger charge is 2.21. The van der Waals surface area contributed by atoms with E-state index in [2.05, 4.69) is 10.6 Å². The quantitative estimate of drug-likeness (QED) is 0.868. The number of carbonyl (C=O) groups excluding carboxylic acids is 1. The van der Waals surface area contributed by atoms with Crippen LogP contribution in [0, 0.1) is 5.92 Å². The number of aryl methyl sites for hydroxylation is 1. The van der Waals surface area contributed by atoms with E-state index in [9.17, 15) is 9.59 Å². The number of rotatable bonds is 2. The smallest absolute Gasteiger partial charge is 0.269 e. The van der Waals surface area contributed by atoms with Crippen LogP contribution in [0.4, 0.5) is 5.69 Å². The molecule has 1 aliphatic rings. The summed E-state index contributed by atoms with van der Waals surface area (Å²) in [6.45, 7) is 1.73. The number of anilines is 1. The van der Waals surface area contributed by atoms with Gasteiger partial charge in [-0.1, -0.05) is 11.6 Å². The first-order chi connectivity index (χ1) is 8.58. The molecule has 19 heavy (non-hydrogen) atoms. The van der Waals surface area contributed by atoms with Gasteiger partial charge < -0.3 is 15.2 Å². The molecular weight excluding hydrogens is 289 g/mol. The Balaban J connectivity index is 0.00000180. The van der Waals surface area contributed by atoms with E-state index in [1.807, 2.05) is 0 Å². The lowest BCUT2D eigenvalue weighted by atomic mass is 9.97. The first-order valence-electron chi connectivity index (χ1n) is 5.95. The van der Waals surface area contributed by atoms with Gasteiger partial charge in [0.05, 0.1) is 5.69 Å². The zero-order chi connectivity index (χ0) is 13.1. The number of pyridine rings is 1. The second kappa shape index (κ2) is 6.93. The second-order valence-electron chi connectivity index (χ2n) is 4.51. The molecule has 0 aromatic carbocycles. The molecule has 1 aromatic rings. The van der Waals surface area contributed by atoms with Crippen molar-refractivity contribution in [3.63, 3.8) is 0 Å². The van der Waals surface area contributed by atoms with E-state index in [1.54, 1.807) is 13.2 Å². The predicted molar refractivity (Wildman–Crippen MR) is 78.2 cm³/mol. The van der Waals surface area contributed by atoms with Crippen LogP contribution in [0.1, 0.15) is 12.8 Å². The Morgan fingerprint density at radius 1 is 1.47 bits per heavy atom. The van der Waals surface area contributed by atoms with Gasteiger partial charge in [-0.15, -0.1) is 12.4 Å². The molecule has 0 aliphatic carbocycles. The highest BCUT2D eigenvalue weighted by Crippen LogP contribution is 2.16. The van der Waals surface area contributed by atoms with E-state index >= 15 is 0 Å². The Morgan fingerprint density at radius 3 is 2.68 bits per heavy atom. The number of aromatic nitrogens is 1.